The van der Waals surface area contributed by atoms with Gasteiger partial charge in [0.15, 0.2) is 0 Å². The number of fused-ring (bicyclic) bond motifs is 3. The molecule has 128 valence electrons. The zero-order valence-corrected chi connectivity index (χ0v) is 13.7. The topological polar surface area (TPSA) is 77.2 Å². The molecule has 2 N–H and O–H groups in total. The van der Waals surface area contributed by atoms with Crippen molar-refractivity contribution in [1.29, 1.82) is 0 Å². The van der Waals surface area contributed by atoms with E-state index >= 15 is 0 Å². The highest BCUT2D eigenvalue weighted by Crippen LogP contribution is 2.32. The first-order chi connectivity index (χ1) is 11.6. The van der Waals surface area contributed by atoms with Crippen LogP contribution in [0.2, 0.25) is 0 Å². The SMILES string of the molecule is COc1cccc(N2CCCN3C4C(=O)NC(=O)N(C)C4NC23)c1. The molecule has 3 aliphatic heterocycles. The van der Waals surface area contributed by atoms with Crippen molar-refractivity contribution in [2.45, 2.75) is 24.9 Å². The maximum Gasteiger partial charge on any atom is 0.325 e. The third kappa shape index (κ3) is 2.22. The number of methoxy groups -OCH3 is 1. The molecule has 0 bridgehead atoms. The molecule has 3 aliphatic rings. The van der Waals surface area contributed by atoms with Gasteiger partial charge in [-0.1, -0.05) is 6.07 Å². The molecule has 1 aromatic rings. The van der Waals surface area contributed by atoms with E-state index in [1.807, 2.05) is 24.3 Å². The van der Waals surface area contributed by atoms with E-state index < -0.39 is 0 Å². The molecular weight excluding hydrogens is 310 g/mol. The van der Waals surface area contributed by atoms with Gasteiger partial charge in [0.1, 0.15) is 24.2 Å². The van der Waals surface area contributed by atoms with E-state index in [4.69, 9.17) is 4.74 Å². The van der Waals surface area contributed by atoms with E-state index in [1.165, 1.54) is 0 Å². The van der Waals surface area contributed by atoms with Crippen LogP contribution < -0.4 is 20.3 Å². The van der Waals surface area contributed by atoms with E-state index in [0.717, 1.165) is 30.9 Å². The fraction of sp³-hybridized carbons (Fsp3) is 0.500. The molecule has 8 heteroatoms. The monoisotopic (exact) mass is 331 g/mol. The number of benzene rings is 1. The average Bonchev–Trinajstić information content (AvgIpc) is 3.00. The lowest BCUT2D eigenvalue weighted by molar-refractivity contribution is -0.128. The number of likely N-dealkylation sites (N-methyl/N-ethyl adjacent to an activating group) is 1. The van der Waals surface area contributed by atoms with Crippen molar-refractivity contribution >= 4 is 17.6 Å². The smallest absolute Gasteiger partial charge is 0.325 e. The summed E-state index contributed by atoms with van der Waals surface area (Å²) in [6.07, 6.45) is 0.506. The first-order valence-corrected chi connectivity index (χ1v) is 8.10. The van der Waals surface area contributed by atoms with Gasteiger partial charge in [-0.3, -0.25) is 20.3 Å². The Balaban J connectivity index is 1.66. The Morgan fingerprint density at radius 1 is 1.25 bits per heavy atom. The number of carbonyl (C=O) groups excluding carboxylic acids is 2. The normalized spacial score (nSPS) is 30.0. The van der Waals surface area contributed by atoms with Crippen molar-refractivity contribution < 1.29 is 14.3 Å². The van der Waals surface area contributed by atoms with Crippen LogP contribution in [0.3, 0.4) is 0 Å². The van der Waals surface area contributed by atoms with Crippen LogP contribution in [0.4, 0.5) is 10.5 Å². The molecule has 0 spiro atoms. The molecule has 24 heavy (non-hydrogen) atoms. The van der Waals surface area contributed by atoms with Gasteiger partial charge in [-0.05, 0) is 18.6 Å². The molecule has 1 aromatic carbocycles. The number of hydrogen-bond acceptors (Lipinski definition) is 6. The summed E-state index contributed by atoms with van der Waals surface area (Å²) in [5.41, 5.74) is 1.03. The number of ether oxygens (including phenoxy) is 1. The van der Waals surface area contributed by atoms with Crippen LogP contribution in [0.15, 0.2) is 24.3 Å². The second-order valence-electron chi connectivity index (χ2n) is 6.32. The second kappa shape index (κ2) is 5.64. The molecule has 4 rings (SSSR count). The van der Waals surface area contributed by atoms with Gasteiger partial charge in [-0.15, -0.1) is 0 Å². The number of anilines is 1. The summed E-state index contributed by atoms with van der Waals surface area (Å²) in [4.78, 5) is 30.2. The summed E-state index contributed by atoms with van der Waals surface area (Å²) >= 11 is 0. The van der Waals surface area contributed by atoms with Crippen LogP contribution >= 0.6 is 0 Å². The van der Waals surface area contributed by atoms with Crippen molar-refractivity contribution in [1.82, 2.24) is 20.4 Å². The molecule has 0 aromatic heterocycles. The predicted molar refractivity (Wildman–Crippen MR) is 87.5 cm³/mol. The largest absolute Gasteiger partial charge is 0.497 e. The number of nitrogens with one attached hydrogen (secondary N) is 2. The summed E-state index contributed by atoms with van der Waals surface area (Å²) in [6.45, 7) is 1.69. The van der Waals surface area contributed by atoms with Crippen LogP contribution in [-0.4, -0.2) is 67.5 Å². The number of urea groups is 1. The predicted octanol–water partition coefficient (Wildman–Crippen LogP) is -0.0296. The summed E-state index contributed by atoms with van der Waals surface area (Å²) in [6, 6.07) is 7.16. The quantitative estimate of drug-likeness (QED) is 0.793. The minimum absolute atomic E-state index is 0.125. The number of rotatable bonds is 2. The molecule has 3 atom stereocenters. The minimum atomic E-state index is -0.369. The standard InChI is InChI=1S/C16H21N5O3/c1-19-13-12(14(22)18-16(19)23)21-8-4-7-20(15(21)17-13)10-5-3-6-11(9-10)24-2/h3,5-6,9,12-13,15,17H,4,7-8H2,1-2H3,(H,18,22,23). The Morgan fingerprint density at radius 3 is 2.88 bits per heavy atom. The van der Waals surface area contributed by atoms with Gasteiger partial charge in [0.25, 0.3) is 0 Å². The van der Waals surface area contributed by atoms with Gasteiger partial charge in [0.05, 0.1) is 7.11 Å². The zero-order chi connectivity index (χ0) is 16.8. The van der Waals surface area contributed by atoms with Crippen LogP contribution in [0, 0.1) is 0 Å². The molecule has 3 fully saturated rings. The highest BCUT2D eigenvalue weighted by molar-refractivity contribution is 6.00. The molecule has 0 radical (unpaired) electrons. The summed E-state index contributed by atoms with van der Waals surface area (Å²) in [7, 11) is 3.36. The fourth-order valence-electron chi connectivity index (χ4n) is 3.82. The van der Waals surface area contributed by atoms with Gasteiger partial charge < -0.3 is 14.5 Å². The minimum Gasteiger partial charge on any atom is -0.497 e. The van der Waals surface area contributed by atoms with Crippen molar-refractivity contribution in [2.75, 3.05) is 32.1 Å². The number of hydrogen-bond donors (Lipinski definition) is 2. The van der Waals surface area contributed by atoms with Crippen molar-refractivity contribution in [3.05, 3.63) is 24.3 Å². The summed E-state index contributed by atoms with van der Waals surface area (Å²) < 4.78 is 5.32. The lowest BCUT2D eigenvalue weighted by Gasteiger charge is -2.42. The highest BCUT2D eigenvalue weighted by atomic mass is 16.5. The molecule has 8 nitrogen and oxygen atoms in total. The van der Waals surface area contributed by atoms with Crippen molar-refractivity contribution in [3.63, 3.8) is 0 Å². The van der Waals surface area contributed by atoms with Crippen molar-refractivity contribution in [2.24, 2.45) is 0 Å². The number of carbonyl (C=O) groups is 2. The Morgan fingerprint density at radius 2 is 2.08 bits per heavy atom. The lowest BCUT2D eigenvalue weighted by Crippen LogP contribution is -2.65. The van der Waals surface area contributed by atoms with Crippen LogP contribution in [-0.2, 0) is 4.79 Å². The molecule has 0 aliphatic carbocycles. The maximum atomic E-state index is 12.4. The molecule has 0 saturated carbocycles. The number of amides is 3. The zero-order valence-electron chi connectivity index (χ0n) is 13.7. The van der Waals surface area contributed by atoms with E-state index in [2.05, 4.69) is 20.4 Å². The van der Waals surface area contributed by atoms with E-state index in [0.29, 0.717) is 0 Å². The van der Waals surface area contributed by atoms with Crippen molar-refractivity contribution in [3.8, 4) is 5.75 Å². The van der Waals surface area contributed by atoms with Gasteiger partial charge in [0, 0.05) is 31.9 Å². The number of imide groups is 1. The Bertz CT molecular complexity index is 681. The molecule has 3 unspecified atom stereocenters. The Labute approximate surface area is 140 Å². The molecule has 3 heterocycles. The number of nitrogens with zero attached hydrogens (tertiary/aromatic N) is 3. The van der Waals surface area contributed by atoms with E-state index in [9.17, 15) is 9.59 Å². The first-order valence-electron chi connectivity index (χ1n) is 8.10. The summed E-state index contributed by atoms with van der Waals surface area (Å²) in [5.74, 6) is 0.565. The lowest BCUT2D eigenvalue weighted by atomic mass is 10.1. The third-order valence-corrected chi connectivity index (χ3v) is 5.02. The molecule has 3 saturated heterocycles. The van der Waals surface area contributed by atoms with Crippen LogP contribution in [0.5, 0.6) is 5.75 Å². The van der Waals surface area contributed by atoms with Gasteiger partial charge >= 0.3 is 6.03 Å². The Hall–Kier alpha value is -2.32. The maximum absolute atomic E-state index is 12.4. The second-order valence-corrected chi connectivity index (χ2v) is 6.32. The molecular formula is C16H21N5O3. The fourth-order valence-corrected chi connectivity index (χ4v) is 3.82. The highest BCUT2D eigenvalue weighted by Gasteiger charge is 2.53. The van der Waals surface area contributed by atoms with Crippen LogP contribution in [0.1, 0.15) is 6.42 Å². The Kier molecular flexibility index (Phi) is 3.58. The average molecular weight is 331 g/mol. The van der Waals surface area contributed by atoms with E-state index in [1.54, 1.807) is 19.1 Å². The van der Waals surface area contributed by atoms with E-state index in [-0.39, 0.29) is 30.4 Å². The van der Waals surface area contributed by atoms with Crippen LogP contribution in [0.25, 0.3) is 0 Å². The summed E-state index contributed by atoms with van der Waals surface area (Å²) in [5, 5.41) is 5.88. The molecule has 3 amide bonds. The van der Waals surface area contributed by atoms with Gasteiger partial charge in [0.2, 0.25) is 5.91 Å². The third-order valence-electron chi connectivity index (χ3n) is 5.02. The van der Waals surface area contributed by atoms with Gasteiger partial charge in [-0.25, -0.2) is 4.79 Å². The first kappa shape index (κ1) is 15.2. The van der Waals surface area contributed by atoms with Gasteiger partial charge in [-0.2, -0.15) is 0 Å².